The summed E-state index contributed by atoms with van der Waals surface area (Å²) in [5, 5.41) is 5.53. The Labute approximate surface area is 187 Å². The zero-order valence-corrected chi connectivity index (χ0v) is 18.8. The smallest absolute Gasteiger partial charge is 0.255 e. The van der Waals surface area contributed by atoms with Crippen LogP contribution in [-0.4, -0.2) is 20.2 Å². The summed E-state index contributed by atoms with van der Waals surface area (Å²) in [5.41, 5.74) is 2.01. The fourth-order valence-electron chi connectivity index (χ4n) is 2.80. The molecule has 0 saturated carbocycles. The van der Waals surface area contributed by atoms with Crippen molar-refractivity contribution in [3.05, 3.63) is 77.7 Å². The van der Waals surface area contributed by atoms with Crippen LogP contribution in [0.15, 0.2) is 70.2 Å². The van der Waals surface area contributed by atoms with Crippen LogP contribution < -0.4 is 15.4 Å². The molecule has 0 atom stereocenters. The number of anilines is 2. The predicted molar refractivity (Wildman–Crippen MR) is 122 cm³/mol. The number of hydrogen-bond acceptors (Lipinski definition) is 5. The molecule has 2 aromatic carbocycles. The highest BCUT2D eigenvalue weighted by atomic mass is 32.2. The Balaban J connectivity index is 1.72. The molecule has 8 nitrogen and oxygen atoms in total. The van der Waals surface area contributed by atoms with Crippen LogP contribution in [0.1, 0.15) is 35.5 Å². The van der Waals surface area contributed by atoms with E-state index in [9.17, 15) is 18.0 Å². The molecule has 0 radical (unpaired) electrons. The molecule has 0 aliphatic rings. The van der Waals surface area contributed by atoms with Crippen molar-refractivity contribution >= 4 is 33.2 Å². The first-order valence-electron chi connectivity index (χ1n) is 10.0. The number of carbonyl (C=O) groups excluding carboxylic acids is 2. The maximum Gasteiger partial charge on any atom is 0.255 e. The van der Waals surface area contributed by atoms with Gasteiger partial charge in [-0.15, -0.1) is 0 Å². The SMILES string of the molecule is Cc1ccc(S(=O)(=O)NCc2ccco2)cc1C(=O)Nc1ccc(NC(=O)C(C)C)cc1. The van der Waals surface area contributed by atoms with Crippen molar-refractivity contribution in [2.75, 3.05) is 10.6 Å². The number of rotatable bonds is 8. The summed E-state index contributed by atoms with van der Waals surface area (Å²) in [6, 6.07) is 14.4. The summed E-state index contributed by atoms with van der Waals surface area (Å²) in [7, 11) is -3.84. The second-order valence-corrected chi connectivity index (χ2v) is 9.32. The van der Waals surface area contributed by atoms with Gasteiger partial charge in [-0.1, -0.05) is 19.9 Å². The quantitative estimate of drug-likeness (QED) is 0.476. The van der Waals surface area contributed by atoms with Crippen LogP contribution >= 0.6 is 0 Å². The van der Waals surface area contributed by atoms with E-state index in [1.54, 1.807) is 63.2 Å². The number of furan rings is 1. The highest BCUT2D eigenvalue weighted by Crippen LogP contribution is 2.19. The molecule has 0 aliphatic heterocycles. The van der Waals surface area contributed by atoms with Gasteiger partial charge < -0.3 is 15.1 Å². The summed E-state index contributed by atoms with van der Waals surface area (Å²) in [6.07, 6.45) is 1.46. The first-order chi connectivity index (χ1) is 15.2. The van der Waals surface area contributed by atoms with Crippen molar-refractivity contribution in [1.29, 1.82) is 0 Å². The lowest BCUT2D eigenvalue weighted by Gasteiger charge is -2.12. The van der Waals surface area contributed by atoms with Gasteiger partial charge in [0.15, 0.2) is 0 Å². The Morgan fingerprint density at radius 2 is 1.62 bits per heavy atom. The summed E-state index contributed by atoms with van der Waals surface area (Å²) in [5.74, 6) is -0.207. The highest BCUT2D eigenvalue weighted by Gasteiger charge is 2.18. The number of hydrogen-bond donors (Lipinski definition) is 3. The molecule has 2 amide bonds. The average Bonchev–Trinajstić information content (AvgIpc) is 3.27. The largest absolute Gasteiger partial charge is 0.468 e. The number of benzene rings is 2. The minimum Gasteiger partial charge on any atom is -0.468 e. The van der Waals surface area contributed by atoms with Gasteiger partial charge in [-0.2, -0.15) is 0 Å². The lowest BCUT2D eigenvalue weighted by Crippen LogP contribution is -2.24. The lowest BCUT2D eigenvalue weighted by molar-refractivity contribution is -0.118. The summed E-state index contributed by atoms with van der Waals surface area (Å²) >= 11 is 0. The topological polar surface area (TPSA) is 118 Å². The van der Waals surface area contributed by atoms with Gasteiger partial charge in [0.2, 0.25) is 15.9 Å². The zero-order chi connectivity index (χ0) is 23.3. The molecule has 1 heterocycles. The molecule has 32 heavy (non-hydrogen) atoms. The van der Waals surface area contributed by atoms with Gasteiger partial charge in [0.05, 0.1) is 17.7 Å². The Hall–Kier alpha value is -3.43. The first kappa shape index (κ1) is 23.2. The first-order valence-corrected chi connectivity index (χ1v) is 11.5. The van der Waals surface area contributed by atoms with Crippen molar-refractivity contribution in [1.82, 2.24) is 4.72 Å². The normalized spacial score (nSPS) is 11.4. The zero-order valence-electron chi connectivity index (χ0n) is 18.0. The van der Waals surface area contributed by atoms with Gasteiger partial charge in [-0.05, 0) is 61.0 Å². The molecule has 0 spiro atoms. The molecule has 0 fully saturated rings. The monoisotopic (exact) mass is 455 g/mol. The van der Waals surface area contributed by atoms with E-state index < -0.39 is 15.9 Å². The van der Waals surface area contributed by atoms with Crippen molar-refractivity contribution in [2.45, 2.75) is 32.2 Å². The second kappa shape index (κ2) is 9.80. The summed E-state index contributed by atoms with van der Waals surface area (Å²) in [6.45, 7) is 5.33. The van der Waals surface area contributed by atoms with Gasteiger partial charge >= 0.3 is 0 Å². The summed E-state index contributed by atoms with van der Waals surface area (Å²) in [4.78, 5) is 24.6. The van der Waals surface area contributed by atoms with Crippen LogP contribution in [0, 0.1) is 12.8 Å². The number of aryl methyl sites for hydroxylation is 1. The molecule has 168 valence electrons. The van der Waals surface area contributed by atoms with Crippen LogP contribution in [-0.2, 0) is 21.4 Å². The highest BCUT2D eigenvalue weighted by molar-refractivity contribution is 7.89. The molecule has 3 aromatic rings. The number of sulfonamides is 1. The molecule has 3 N–H and O–H groups in total. The fourth-order valence-corrected chi connectivity index (χ4v) is 3.82. The van der Waals surface area contributed by atoms with Crippen LogP contribution in [0.2, 0.25) is 0 Å². The molecule has 0 unspecified atom stereocenters. The lowest BCUT2D eigenvalue weighted by atomic mass is 10.1. The van der Waals surface area contributed by atoms with Crippen molar-refractivity contribution in [2.24, 2.45) is 5.92 Å². The number of carbonyl (C=O) groups is 2. The molecular formula is C23H25N3O5S. The standard InChI is InChI=1S/C23H25N3O5S/c1-15(2)22(27)25-17-7-9-18(10-8-17)26-23(28)21-13-20(11-6-16(21)3)32(29,30)24-14-19-5-4-12-31-19/h4-13,15,24H,14H2,1-3H3,(H,25,27)(H,26,28). The van der Waals surface area contributed by atoms with Gasteiger partial charge in [0.1, 0.15) is 5.76 Å². The Bertz CT molecular complexity index is 1200. The van der Waals surface area contributed by atoms with E-state index in [1.165, 1.54) is 18.4 Å². The van der Waals surface area contributed by atoms with Gasteiger partial charge in [-0.3, -0.25) is 9.59 Å². The van der Waals surface area contributed by atoms with E-state index in [4.69, 9.17) is 4.42 Å². The molecule has 3 rings (SSSR count). The minimum atomic E-state index is -3.84. The maximum absolute atomic E-state index is 12.8. The molecule has 0 bridgehead atoms. The summed E-state index contributed by atoms with van der Waals surface area (Å²) < 4.78 is 32.8. The number of amides is 2. The van der Waals surface area contributed by atoms with Crippen LogP contribution in [0.4, 0.5) is 11.4 Å². The minimum absolute atomic E-state index is 0.00440. The van der Waals surface area contributed by atoms with E-state index in [2.05, 4.69) is 15.4 Å². The second-order valence-electron chi connectivity index (χ2n) is 7.56. The predicted octanol–water partition coefficient (Wildman–Crippen LogP) is 3.91. The molecule has 0 saturated heterocycles. The van der Waals surface area contributed by atoms with E-state index in [0.717, 1.165) is 0 Å². The average molecular weight is 456 g/mol. The van der Waals surface area contributed by atoms with E-state index in [-0.39, 0.29) is 28.8 Å². The fraction of sp³-hybridized carbons (Fsp3) is 0.217. The van der Waals surface area contributed by atoms with Gasteiger partial charge in [0.25, 0.3) is 5.91 Å². The molecule has 9 heteroatoms. The Morgan fingerprint density at radius 3 is 2.22 bits per heavy atom. The van der Waals surface area contributed by atoms with E-state index in [0.29, 0.717) is 22.7 Å². The van der Waals surface area contributed by atoms with Crippen molar-refractivity contribution in [3.63, 3.8) is 0 Å². The maximum atomic E-state index is 12.8. The third kappa shape index (κ3) is 5.83. The Morgan fingerprint density at radius 1 is 0.969 bits per heavy atom. The van der Waals surface area contributed by atoms with E-state index >= 15 is 0 Å². The van der Waals surface area contributed by atoms with Gasteiger partial charge in [0, 0.05) is 22.9 Å². The van der Waals surface area contributed by atoms with Crippen LogP contribution in [0.25, 0.3) is 0 Å². The van der Waals surface area contributed by atoms with Gasteiger partial charge in [-0.25, -0.2) is 13.1 Å². The Kier molecular flexibility index (Phi) is 7.12. The number of nitrogens with one attached hydrogen (secondary N) is 3. The third-order valence-electron chi connectivity index (χ3n) is 4.72. The molecular weight excluding hydrogens is 430 g/mol. The molecule has 0 aliphatic carbocycles. The van der Waals surface area contributed by atoms with Crippen molar-refractivity contribution in [3.8, 4) is 0 Å². The molecule has 1 aromatic heterocycles. The van der Waals surface area contributed by atoms with Crippen LogP contribution in [0.5, 0.6) is 0 Å². The van der Waals surface area contributed by atoms with E-state index in [1.807, 2.05) is 0 Å². The third-order valence-corrected chi connectivity index (χ3v) is 6.11. The van der Waals surface area contributed by atoms with Crippen LogP contribution in [0.3, 0.4) is 0 Å². The van der Waals surface area contributed by atoms with Crippen molar-refractivity contribution < 1.29 is 22.4 Å².